The molecule has 1 aliphatic carbocycles. The highest BCUT2D eigenvalue weighted by Crippen LogP contribution is 2.39. The van der Waals surface area contributed by atoms with Gasteiger partial charge in [0.15, 0.2) is 11.5 Å². The molecule has 210 valence electrons. The third-order valence-electron chi connectivity index (χ3n) is 7.14. The molecule has 0 atom stereocenters. The maximum absolute atomic E-state index is 14.3. The number of hydrogen-bond acceptors (Lipinski definition) is 6. The second kappa shape index (κ2) is 11.1. The summed E-state index contributed by atoms with van der Waals surface area (Å²) in [5.41, 5.74) is -2.15. The summed E-state index contributed by atoms with van der Waals surface area (Å²) in [5, 5.41) is 12.9. The summed E-state index contributed by atoms with van der Waals surface area (Å²) in [6, 6.07) is -1.49. The highest BCUT2D eigenvalue weighted by molar-refractivity contribution is 6.39. The Hall–Kier alpha value is -3.19. The smallest absolute Gasteiger partial charge is 0.433 e. The van der Waals surface area contributed by atoms with Gasteiger partial charge in [-0.2, -0.15) is 18.3 Å². The third-order valence-corrected chi connectivity index (χ3v) is 7.71. The molecule has 4 rings (SSSR count). The first-order chi connectivity index (χ1) is 18.3. The molecule has 2 aromatic rings. The Morgan fingerprint density at radius 3 is 2.15 bits per heavy atom. The van der Waals surface area contributed by atoms with Gasteiger partial charge in [0.05, 0.1) is 51.9 Å². The summed E-state index contributed by atoms with van der Waals surface area (Å²) >= 11 is 12.2. The molecule has 0 unspecified atom stereocenters. The summed E-state index contributed by atoms with van der Waals surface area (Å²) in [6.07, 6.45) is -1.14. The number of carbonyl (C=O) groups is 4. The number of alkyl halides is 3. The maximum atomic E-state index is 14.3. The topological polar surface area (TPSA) is 126 Å². The van der Waals surface area contributed by atoms with Crippen molar-refractivity contribution in [3.8, 4) is 0 Å². The number of rotatable bonds is 7. The van der Waals surface area contributed by atoms with Crippen molar-refractivity contribution in [3.05, 3.63) is 45.5 Å². The van der Waals surface area contributed by atoms with Crippen molar-refractivity contribution in [1.82, 2.24) is 24.6 Å². The van der Waals surface area contributed by atoms with Crippen LogP contribution in [0.2, 0.25) is 10.0 Å². The van der Waals surface area contributed by atoms with Gasteiger partial charge in [0.1, 0.15) is 0 Å². The van der Waals surface area contributed by atoms with E-state index < -0.39 is 59.6 Å². The van der Waals surface area contributed by atoms with Gasteiger partial charge in [-0.1, -0.05) is 23.2 Å². The molecule has 2 aromatic heterocycles. The van der Waals surface area contributed by atoms with Crippen molar-refractivity contribution in [2.24, 2.45) is 5.92 Å². The molecule has 2 aliphatic rings. The van der Waals surface area contributed by atoms with Crippen LogP contribution in [0.5, 0.6) is 0 Å². The molecule has 3 heterocycles. The second-order valence-corrected chi connectivity index (χ2v) is 10.4. The Morgan fingerprint density at radius 1 is 1.05 bits per heavy atom. The number of hydrogen-bond donors (Lipinski definition) is 1. The minimum Gasteiger partial charge on any atom is -0.481 e. The number of carboxylic acids is 1. The zero-order valence-corrected chi connectivity index (χ0v) is 22.1. The van der Waals surface area contributed by atoms with Crippen molar-refractivity contribution in [1.29, 1.82) is 0 Å². The lowest BCUT2D eigenvalue weighted by molar-refractivity contribution is -0.147. The summed E-state index contributed by atoms with van der Waals surface area (Å²) in [6.45, 7) is 0.724. The fourth-order valence-electron chi connectivity index (χ4n) is 4.99. The number of Topliss-reactive ketones (excluding diaryl/α,β-unsaturated/α-hetero) is 1. The standard InChI is InChI=1S/C24H24Cl2F3N5O5/c1-12(35)32-9-15(10-32)33(11-19(36)20-17(25)7-30-8-18(20)26)22(37)16-6-31-34(21(16)24(27,28)29)14-4-2-13(3-5-14)23(38)39/h6-8,13-15H,2-5,9-11H2,1H3,(H,38,39). The number of carbonyl (C=O) groups excluding carboxylic acids is 3. The van der Waals surface area contributed by atoms with Gasteiger partial charge in [-0.05, 0) is 25.7 Å². The van der Waals surface area contributed by atoms with Gasteiger partial charge in [-0.25, -0.2) is 0 Å². The fraction of sp³-hybridized carbons (Fsp3) is 0.500. The van der Waals surface area contributed by atoms with Gasteiger partial charge >= 0.3 is 12.1 Å². The van der Waals surface area contributed by atoms with Crippen molar-refractivity contribution in [2.45, 2.75) is 50.9 Å². The first kappa shape index (κ1) is 28.8. The van der Waals surface area contributed by atoms with E-state index in [2.05, 4.69) is 10.1 Å². The number of pyridine rings is 1. The maximum Gasteiger partial charge on any atom is 0.433 e. The van der Waals surface area contributed by atoms with Crippen LogP contribution in [0.1, 0.15) is 65.1 Å². The highest BCUT2D eigenvalue weighted by Gasteiger charge is 2.45. The SMILES string of the molecule is CC(=O)N1CC(N(CC(=O)c2c(Cl)cncc2Cl)C(=O)c2cnn(C3CCC(C(=O)O)CC3)c2C(F)(F)F)C1. The van der Waals surface area contributed by atoms with Crippen LogP contribution < -0.4 is 0 Å². The van der Waals surface area contributed by atoms with E-state index in [1.54, 1.807) is 0 Å². The Balaban J connectivity index is 1.67. The van der Waals surface area contributed by atoms with Gasteiger partial charge in [0, 0.05) is 32.4 Å². The van der Waals surface area contributed by atoms with E-state index in [0.717, 1.165) is 15.8 Å². The van der Waals surface area contributed by atoms with E-state index in [1.165, 1.54) is 24.2 Å². The number of carboxylic acid groups (broad SMARTS) is 1. The number of amides is 2. The molecular weight excluding hydrogens is 566 g/mol. The summed E-state index contributed by atoms with van der Waals surface area (Å²) < 4.78 is 43.8. The Bertz CT molecular complexity index is 1280. The average Bonchev–Trinajstić information content (AvgIpc) is 3.28. The minimum atomic E-state index is -4.97. The molecule has 10 nitrogen and oxygen atoms in total. The molecule has 1 saturated heterocycles. The quantitative estimate of drug-likeness (QED) is 0.484. The Morgan fingerprint density at radius 2 is 1.64 bits per heavy atom. The Kier molecular flexibility index (Phi) is 8.22. The lowest BCUT2D eigenvalue weighted by Crippen LogP contribution is -2.62. The average molecular weight is 590 g/mol. The Labute approximate surface area is 230 Å². The minimum absolute atomic E-state index is 0.0286. The molecule has 0 bridgehead atoms. The molecule has 2 fully saturated rings. The number of nitrogens with zero attached hydrogens (tertiary/aromatic N) is 5. The first-order valence-corrected chi connectivity index (χ1v) is 12.8. The highest BCUT2D eigenvalue weighted by atomic mass is 35.5. The van der Waals surface area contributed by atoms with Gasteiger partial charge in [0.2, 0.25) is 5.91 Å². The molecule has 0 aromatic carbocycles. The monoisotopic (exact) mass is 589 g/mol. The van der Waals surface area contributed by atoms with Crippen LogP contribution in [0.15, 0.2) is 18.6 Å². The van der Waals surface area contributed by atoms with Crippen LogP contribution in [0.25, 0.3) is 0 Å². The number of likely N-dealkylation sites (tertiary alicyclic amines) is 1. The summed E-state index contributed by atoms with van der Waals surface area (Å²) in [7, 11) is 0. The lowest BCUT2D eigenvalue weighted by atomic mass is 9.86. The van der Waals surface area contributed by atoms with E-state index in [4.69, 9.17) is 23.2 Å². The van der Waals surface area contributed by atoms with E-state index in [1.807, 2.05) is 0 Å². The fourth-order valence-corrected chi connectivity index (χ4v) is 5.56. The zero-order chi connectivity index (χ0) is 28.6. The molecular formula is C24H24Cl2F3N5O5. The zero-order valence-electron chi connectivity index (χ0n) is 20.6. The molecule has 1 saturated carbocycles. The third kappa shape index (κ3) is 5.88. The van der Waals surface area contributed by atoms with Gasteiger partial charge < -0.3 is 14.9 Å². The predicted molar refractivity (Wildman–Crippen MR) is 132 cm³/mol. The molecule has 2 amide bonds. The normalized spacial score (nSPS) is 19.9. The van der Waals surface area contributed by atoms with Crippen LogP contribution >= 0.6 is 23.2 Å². The second-order valence-electron chi connectivity index (χ2n) is 9.61. The van der Waals surface area contributed by atoms with Crippen molar-refractivity contribution >= 4 is 46.8 Å². The largest absolute Gasteiger partial charge is 0.481 e. The van der Waals surface area contributed by atoms with Gasteiger partial charge in [-0.3, -0.25) is 28.8 Å². The van der Waals surface area contributed by atoms with Crippen molar-refractivity contribution in [3.63, 3.8) is 0 Å². The molecule has 0 radical (unpaired) electrons. The lowest BCUT2D eigenvalue weighted by Gasteiger charge is -2.44. The van der Waals surface area contributed by atoms with Crippen molar-refractivity contribution in [2.75, 3.05) is 19.6 Å². The summed E-state index contributed by atoms with van der Waals surface area (Å²) in [5.74, 6) is -3.74. The summed E-state index contributed by atoms with van der Waals surface area (Å²) in [4.78, 5) is 55.9. The number of aromatic nitrogens is 3. The number of aliphatic carboxylic acids is 1. The van der Waals surface area contributed by atoms with E-state index in [-0.39, 0.29) is 60.3 Å². The van der Waals surface area contributed by atoms with Gasteiger partial charge in [0.25, 0.3) is 5.91 Å². The van der Waals surface area contributed by atoms with E-state index >= 15 is 0 Å². The number of halogens is 5. The van der Waals surface area contributed by atoms with E-state index in [9.17, 15) is 37.5 Å². The van der Waals surface area contributed by atoms with Crippen LogP contribution in [0.4, 0.5) is 13.2 Å². The van der Waals surface area contributed by atoms with Crippen LogP contribution in [0, 0.1) is 5.92 Å². The molecule has 0 spiro atoms. The molecule has 39 heavy (non-hydrogen) atoms. The van der Waals surface area contributed by atoms with Crippen LogP contribution in [-0.4, -0.2) is 78.9 Å². The first-order valence-electron chi connectivity index (χ1n) is 12.1. The predicted octanol–water partition coefficient (Wildman–Crippen LogP) is 3.98. The van der Waals surface area contributed by atoms with Crippen LogP contribution in [-0.2, 0) is 15.8 Å². The molecule has 1 aliphatic heterocycles. The van der Waals surface area contributed by atoms with Crippen molar-refractivity contribution < 1.29 is 37.5 Å². The van der Waals surface area contributed by atoms with E-state index in [0.29, 0.717) is 0 Å². The van der Waals surface area contributed by atoms with Crippen LogP contribution in [0.3, 0.4) is 0 Å². The molecule has 1 N–H and O–H groups in total. The number of ketones is 1. The van der Waals surface area contributed by atoms with Gasteiger partial charge in [-0.15, -0.1) is 0 Å². The molecule has 15 heteroatoms.